The van der Waals surface area contributed by atoms with Crippen molar-refractivity contribution in [2.45, 2.75) is 51.7 Å². The van der Waals surface area contributed by atoms with Crippen molar-refractivity contribution in [2.24, 2.45) is 0 Å². The van der Waals surface area contributed by atoms with E-state index < -0.39 is 16.1 Å². The quantitative estimate of drug-likeness (QED) is 0.759. The fourth-order valence-corrected chi connectivity index (χ4v) is 3.64. The largest absolute Gasteiger partial charge is 0.481 e. The van der Waals surface area contributed by atoms with E-state index in [9.17, 15) is 13.2 Å². The van der Waals surface area contributed by atoms with Gasteiger partial charge in [0.2, 0.25) is 0 Å². The van der Waals surface area contributed by atoms with E-state index in [0.717, 1.165) is 11.1 Å². The van der Waals surface area contributed by atoms with Crippen LogP contribution in [0.4, 0.5) is 5.69 Å². The number of hydrogen-bond acceptors (Lipinski definition) is 4. The minimum absolute atomic E-state index is 0.0207. The van der Waals surface area contributed by atoms with Gasteiger partial charge in [0.1, 0.15) is 5.75 Å². The molecule has 1 atom stereocenters. The highest BCUT2D eigenvalue weighted by Crippen LogP contribution is 2.21. The molecule has 0 bridgehead atoms. The molecular formula is C20H26N2O4S. The maximum atomic E-state index is 12.6. The Morgan fingerprint density at radius 1 is 0.963 bits per heavy atom. The SMILES string of the molecule is Cc1cc(C)cc(NS(=O)(=O)c2ccc(O[C@H](C)C(=O)NC(C)C)cc2)c1. The van der Waals surface area contributed by atoms with Gasteiger partial charge in [0.05, 0.1) is 4.90 Å². The minimum atomic E-state index is -3.71. The van der Waals surface area contributed by atoms with Crippen LogP contribution in [0.5, 0.6) is 5.75 Å². The van der Waals surface area contributed by atoms with Crippen LogP contribution in [0.2, 0.25) is 0 Å². The third-order valence-electron chi connectivity index (χ3n) is 3.72. The number of hydrogen-bond donors (Lipinski definition) is 2. The lowest BCUT2D eigenvalue weighted by Gasteiger charge is -2.16. The molecule has 1 amide bonds. The van der Waals surface area contributed by atoms with Gasteiger partial charge in [-0.3, -0.25) is 9.52 Å². The average molecular weight is 391 g/mol. The summed E-state index contributed by atoms with van der Waals surface area (Å²) in [4.78, 5) is 12.0. The van der Waals surface area contributed by atoms with Gasteiger partial charge in [-0.05, 0) is 82.1 Å². The molecule has 0 radical (unpaired) electrons. The van der Waals surface area contributed by atoms with E-state index in [1.54, 1.807) is 19.1 Å². The molecule has 2 N–H and O–H groups in total. The van der Waals surface area contributed by atoms with Gasteiger partial charge in [-0.2, -0.15) is 0 Å². The summed E-state index contributed by atoms with van der Waals surface area (Å²) < 4.78 is 33.3. The predicted octanol–water partition coefficient (Wildman–Crippen LogP) is 3.40. The van der Waals surface area contributed by atoms with Crippen molar-refractivity contribution >= 4 is 21.6 Å². The molecular weight excluding hydrogens is 364 g/mol. The van der Waals surface area contributed by atoms with Crippen LogP contribution in [0, 0.1) is 13.8 Å². The topological polar surface area (TPSA) is 84.5 Å². The molecule has 6 nitrogen and oxygen atoms in total. The third kappa shape index (κ3) is 5.99. The van der Waals surface area contributed by atoms with E-state index in [4.69, 9.17) is 4.74 Å². The Morgan fingerprint density at radius 2 is 1.52 bits per heavy atom. The zero-order valence-electron chi connectivity index (χ0n) is 16.2. The number of carbonyl (C=O) groups excluding carboxylic acids is 1. The van der Waals surface area contributed by atoms with Crippen LogP contribution in [0.25, 0.3) is 0 Å². The Labute approximate surface area is 161 Å². The second kappa shape index (κ2) is 8.43. The Morgan fingerprint density at radius 3 is 2.04 bits per heavy atom. The summed E-state index contributed by atoms with van der Waals surface area (Å²) >= 11 is 0. The van der Waals surface area contributed by atoms with Crippen LogP contribution in [-0.2, 0) is 14.8 Å². The number of anilines is 1. The summed E-state index contributed by atoms with van der Waals surface area (Å²) in [7, 11) is -3.71. The van der Waals surface area contributed by atoms with E-state index in [1.807, 2.05) is 33.8 Å². The van der Waals surface area contributed by atoms with E-state index in [2.05, 4.69) is 10.0 Å². The van der Waals surface area contributed by atoms with Crippen molar-refractivity contribution in [2.75, 3.05) is 4.72 Å². The molecule has 0 aliphatic carbocycles. The lowest BCUT2D eigenvalue weighted by Crippen LogP contribution is -2.40. The van der Waals surface area contributed by atoms with Crippen LogP contribution < -0.4 is 14.8 Å². The molecule has 0 heterocycles. The summed E-state index contributed by atoms with van der Waals surface area (Å²) in [6.07, 6.45) is -0.678. The highest BCUT2D eigenvalue weighted by molar-refractivity contribution is 7.92. The van der Waals surface area contributed by atoms with Gasteiger partial charge in [0.15, 0.2) is 6.10 Å². The number of benzene rings is 2. The van der Waals surface area contributed by atoms with E-state index in [1.165, 1.54) is 24.3 Å². The smallest absolute Gasteiger partial charge is 0.261 e. The molecule has 0 fully saturated rings. The molecule has 0 unspecified atom stereocenters. The van der Waals surface area contributed by atoms with Gasteiger partial charge in [0.25, 0.3) is 15.9 Å². The Bertz CT molecular complexity index is 886. The molecule has 7 heteroatoms. The van der Waals surface area contributed by atoms with Gasteiger partial charge < -0.3 is 10.1 Å². The van der Waals surface area contributed by atoms with E-state index in [-0.39, 0.29) is 16.8 Å². The summed E-state index contributed by atoms with van der Waals surface area (Å²) in [6.45, 7) is 9.20. The van der Waals surface area contributed by atoms with Crippen molar-refractivity contribution < 1.29 is 17.9 Å². The van der Waals surface area contributed by atoms with Gasteiger partial charge in [-0.15, -0.1) is 0 Å². The fourth-order valence-electron chi connectivity index (χ4n) is 2.60. The molecule has 0 saturated carbocycles. The standard InChI is InChI=1S/C20H26N2O4S/c1-13(2)21-20(23)16(5)26-18-6-8-19(9-7-18)27(24,25)22-17-11-14(3)10-15(4)12-17/h6-13,16,22H,1-5H3,(H,21,23)/t16-/m1/s1. The second-order valence-electron chi connectivity index (χ2n) is 6.88. The number of sulfonamides is 1. The first-order chi connectivity index (χ1) is 12.6. The zero-order valence-corrected chi connectivity index (χ0v) is 17.1. The molecule has 0 spiro atoms. The van der Waals surface area contributed by atoms with Gasteiger partial charge in [-0.1, -0.05) is 6.07 Å². The first-order valence-corrected chi connectivity index (χ1v) is 10.2. The van der Waals surface area contributed by atoms with E-state index >= 15 is 0 Å². The molecule has 2 aromatic carbocycles. The Balaban J connectivity index is 2.10. The number of aryl methyl sites for hydroxylation is 2. The summed E-state index contributed by atoms with van der Waals surface area (Å²) in [5.74, 6) is 0.199. The summed E-state index contributed by atoms with van der Waals surface area (Å²) in [5, 5.41) is 2.76. The monoisotopic (exact) mass is 390 g/mol. The van der Waals surface area contributed by atoms with Crippen molar-refractivity contribution in [1.82, 2.24) is 5.32 Å². The van der Waals surface area contributed by atoms with Crippen molar-refractivity contribution in [3.05, 3.63) is 53.6 Å². The van der Waals surface area contributed by atoms with E-state index in [0.29, 0.717) is 11.4 Å². The Kier molecular flexibility index (Phi) is 6.49. The van der Waals surface area contributed by atoms with Crippen molar-refractivity contribution in [1.29, 1.82) is 0 Å². The van der Waals surface area contributed by atoms with Crippen molar-refractivity contribution in [3.8, 4) is 5.75 Å². The maximum Gasteiger partial charge on any atom is 0.261 e. The molecule has 27 heavy (non-hydrogen) atoms. The minimum Gasteiger partial charge on any atom is -0.481 e. The van der Waals surface area contributed by atoms with Gasteiger partial charge >= 0.3 is 0 Å². The summed E-state index contributed by atoms with van der Waals surface area (Å²) in [6, 6.07) is 11.5. The first-order valence-electron chi connectivity index (χ1n) is 8.75. The predicted molar refractivity (Wildman–Crippen MR) is 107 cm³/mol. The highest BCUT2D eigenvalue weighted by atomic mass is 32.2. The highest BCUT2D eigenvalue weighted by Gasteiger charge is 2.17. The van der Waals surface area contributed by atoms with Crippen LogP contribution in [0.1, 0.15) is 31.9 Å². The number of rotatable bonds is 7. The van der Waals surface area contributed by atoms with Crippen LogP contribution in [0.3, 0.4) is 0 Å². The number of carbonyl (C=O) groups is 1. The molecule has 0 aromatic heterocycles. The van der Waals surface area contributed by atoms with Gasteiger partial charge in [0, 0.05) is 11.7 Å². The van der Waals surface area contributed by atoms with Gasteiger partial charge in [-0.25, -0.2) is 8.42 Å². The lowest BCUT2D eigenvalue weighted by molar-refractivity contribution is -0.127. The molecule has 2 rings (SSSR count). The number of ether oxygens (including phenoxy) is 1. The number of nitrogens with one attached hydrogen (secondary N) is 2. The summed E-state index contributed by atoms with van der Waals surface area (Å²) in [5.41, 5.74) is 2.47. The Hall–Kier alpha value is -2.54. The first kappa shape index (κ1) is 20.8. The lowest BCUT2D eigenvalue weighted by atomic mass is 10.1. The van der Waals surface area contributed by atoms with Crippen molar-refractivity contribution in [3.63, 3.8) is 0 Å². The molecule has 0 saturated heterocycles. The zero-order chi connectivity index (χ0) is 20.2. The molecule has 0 aliphatic heterocycles. The van der Waals surface area contributed by atoms with Crippen LogP contribution >= 0.6 is 0 Å². The molecule has 0 aliphatic rings. The second-order valence-corrected chi connectivity index (χ2v) is 8.56. The average Bonchev–Trinajstić information content (AvgIpc) is 2.53. The number of amides is 1. The fraction of sp³-hybridized carbons (Fsp3) is 0.350. The maximum absolute atomic E-state index is 12.6. The third-order valence-corrected chi connectivity index (χ3v) is 5.12. The van der Waals surface area contributed by atoms with Crippen LogP contribution in [0.15, 0.2) is 47.4 Å². The van der Waals surface area contributed by atoms with Crippen LogP contribution in [-0.4, -0.2) is 26.5 Å². The normalized spacial score (nSPS) is 12.5. The molecule has 2 aromatic rings. The molecule has 146 valence electrons.